The largest absolute Gasteiger partial charge is 0.384 e. The zero-order valence-corrected chi connectivity index (χ0v) is 12.1. The molecule has 1 aliphatic rings. The summed E-state index contributed by atoms with van der Waals surface area (Å²) >= 11 is 0. The van der Waals surface area contributed by atoms with Crippen molar-refractivity contribution >= 4 is 15.7 Å². The van der Waals surface area contributed by atoms with Crippen molar-refractivity contribution in [3.05, 3.63) is 36.4 Å². The Balaban J connectivity index is 2.03. The predicted molar refractivity (Wildman–Crippen MR) is 79.0 cm³/mol. The lowest BCUT2D eigenvalue weighted by Gasteiger charge is -2.24. The average molecular weight is 291 g/mol. The fraction of sp³-hybridized carbons (Fsp3) is 0.357. The van der Waals surface area contributed by atoms with E-state index in [0.717, 1.165) is 11.3 Å². The Bertz CT molecular complexity index is 737. The van der Waals surface area contributed by atoms with Gasteiger partial charge in [-0.25, -0.2) is 13.1 Å². The van der Waals surface area contributed by atoms with E-state index in [0.29, 0.717) is 12.2 Å². The monoisotopic (exact) mass is 291 g/mol. The van der Waals surface area contributed by atoms with Gasteiger partial charge in [0, 0.05) is 11.6 Å². The first-order chi connectivity index (χ1) is 9.40. The summed E-state index contributed by atoms with van der Waals surface area (Å²) in [5, 5.41) is 4.53. The van der Waals surface area contributed by atoms with Gasteiger partial charge in [-0.2, -0.15) is 5.10 Å². The van der Waals surface area contributed by atoms with Crippen LogP contribution in [0.3, 0.4) is 0 Å². The molecule has 2 N–H and O–H groups in total. The van der Waals surface area contributed by atoms with Gasteiger partial charge in [-0.3, -0.25) is 0 Å². The Morgan fingerprint density at radius 3 is 2.60 bits per heavy atom. The molecular weight excluding hydrogens is 274 g/mol. The molecule has 1 aliphatic heterocycles. The molecule has 1 aromatic carbocycles. The van der Waals surface area contributed by atoms with Crippen LogP contribution in [0.2, 0.25) is 0 Å². The maximum Gasteiger partial charge on any atom is 0.152 e. The molecule has 20 heavy (non-hydrogen) atoms. The van der Waals surface area contributed by atoms with Crippen LogP contribution in [0.15, 0.2) is 36.4 Å². The van der Waals surface area contributed by atoms with Crippen molar-refractivity contribution in [1.29, 1.82) is 0 Å². The maximum absolute atomic E-state index is 11.7. The smallest absolute Gasteiger partial charge is 0.152 e. The Morgan fingerprint density at radius 1 is 1.30 bits per heavy atom. The molecule has 0 spiro atoms. The molecule has 106 valence electrons. The Labute approximate surface area is 118 Å². The number of hydrogen-bond donors (Lipinski definition) is 1. The van der Waals surface area contributed by atoms with Crippen molar-refractivity contribution in [2.45, 2.75) is 18.9 Å². The van der Waals surface area contributed by atoms with Gasteiger partial charge in [0.2, 0.25) is 0 Å². The quantitative estimate of drug-likeness (QED) is 0.913. The first-order valence-corrected chi connectivity index (χ1v) is 8.34. The highest BCUT2D eigenvalue weighted by atomic mass is 32.2. The predicted octanol–water partition coefficient (Wildman–Crippen LogP) is 1.67. The number of nitrogen functional groups attached to an aromatic ring is 1. The van der Waals surface area contributed by atoms with Gasteiger partial charge in [-0.1, -0.05) is 30.3 Å². The number of rotatable bonds is 2. The highest BCUT2D eigenvalue weighted by Crippen LogP contribution is 2.33. The first kappa shape index (κ1) is 13.2. The Kier molecular flexibility index (Phi) is 2.86. The van der Waals surface area contributed by atoms with Crippen molar-refractivity contribution in [3.8, 4) is 11.3 Å². The number of benzene rings is 1. The topological polar surface area (TPSA) is 78.0 Å². The van der Waals surface area contributed by atoms with Gasteiger partial charge >= 0.3 is 0 Å². The third-order valence-corrected chi connectivity index (χ3v) is 5.69. The molecule has 1 saturated heterocycles. The minimum atomic E-state index is -2.99. The lowest BCUT2D eigenvalue weighted by Crippen LogP contribution is -2.33. The molecule has 2 heterocycles. The maximum atomic E-state index is 11.7. The molecule has 1 aromatic heterocycles. The zero-order valence-electron chi connectivity index (χ0n) is 11.3. The highest BCUT2D eigenvalue weighted by Gasteiger charge is 2.41. The molecule has 3 rings (SSSR count). The molecule has 0 saturated carbocycles. The highest BCUT2D eigenvalue weighted by molar-refractivity contribution is 7.91. The van der Waals surface area contributed by atoms with Crippen LogP contribution >= 0.6 is 0 Å². The molecule has 1 fully saturated rings. The minimum Gasteiger partial charge on any atom is -0.384 e. The van der Waals surface area contributed by atoms with Crippen LogP contribution in [0, 0.1) is 0 Å². The normalized spacial score (nSPS) is 24.9. The van der Waals surface area contributed by atoms with Crippen LogP contribution in [-0.4, -0.2) is 29.7 Å². The van der Waals surface area contributed by atoms with Gasteiger partial charge < -0.3 is 5.73 Å². The van der Waals surface area contributed by atoms with E-state index < -0.39 is 15.4 Å². The van der Waals surface area contributed by atoms with Crippen LogP contribution in [-0.2, 0) is 15.4 Å². The lowest BCUT2D eigenvalue weighted by atomic mass is 10.0. The van der Waals surface area contributed by atoms with Crippen LogP contribution in [0.5, 0.6) is 0 Å². The van der Waals surface area contributed by atoms with E-state index in [1.807, 2.05) is 37.3 Å². The Morgan fingerprint density at radius 2 is 2.00 bits per heavy atom. The molecule has 1 unspecified atom stereocenters. The van der Waals surface area contributed by atoms with E-state index >= 15 is 0 Å². The number of nitrogens with two attached hydrogens (primary N) is 1. The van der Waals surface area contributed by atoms with Crippen molar-refractivity contribution < 1.29 is 8.42 Å². The number of hydrogen-bond acceptors (Lipinski definition) is 4. The third-order valence-electron chi connectivity index (χ3n) is 3.80. The SMILES string of the molecule is CC1(n2nc(-c3ccccc3)cc2N)CCS(=O)(=O)C1. The summed E-state index contributed by atoms with van der Waals surface area (Å²) in [5.74, 6) is 0.798. The summed E-state index contributed by atoms with van der Waals surface area (Å²) in [6, 6.07) is 11.5. The Hall–Kier alpha value is -1.82. The summed E-state index contributed by atoms with van der Waals surface area (Å²) in [5.41, 5.74) is 7.24. The molecule has 0 bridgehead atoms. The molecule has 6 heteroatoms. The summed E-state index contributed by atoms with van der Waals surface area (Å²) in [4.78, 5) is 0. The molecular formula is C14H17N3O2S. The van der Waals surface area contributed by atoms with Crippen LogP contribution in [0.1, 0.15) is 13.3 Å². The fourth-order valence-electron chi connectivity index (χ4n) is 2.74. The van der Waals surface area contributed by atoms with Gasteiger partial charge in [0.15, 0.2) is 9.84 Å². The van der Waals surface area contributed by atoms with E-state index in [1.165, 1.54) is 0 Å². The van der Waals surface area contributed by atoms with E-state index in [2.05, 4.69) is 5.10 Å². The fourth-order valence-corrected chi connectivity index (χ4v) is 4.85. The third kappa shape index (κ3) is 2.20. The second-order valence-electron chi connectivity index (χ2n) is 5.57. The van der Waals surface area contributed by atoms with Crippen LogP contribution in [0.25, 0.3) is 11.3 Å². The minimum absolute atomic E-state index is 0.0973. The molecule has 0 amide bonds. The van der Waals surface area contributed by atoms with Crippen molar-refractivity contribution in [3.63, 3.8) is 0 Å². The summed E-state index contributed by atoms with van der Waals surface area (Å²) < 4.78 is 25.1. The second kappa shape index (κ2) is 4.34. The van der Waals surface area contributed by atoms with E-state index in [-0.39, 0.29) is 11.5 Å². The van der Waals surface area contributed by atoms with Gasteiger partial charge in [0.25, 0.3) is 0 Å². The number of anilines is 1. The average Bonchev–Trinajstić information content (AvgIpc) is 2.92. The van der Waals surface area contributed by atoms with Gasteiger partial charge in [-0.15, -0.1) is 0 Å². The summed E-state index contributed by atoms with van der Waals surface area (Å²) in [6.07, 6.45) is 0.551. The molecule has 1 atom stereocenters. The lowest BCUT2D eigenvalue weighted by molar-refractivity contribution is 0.335. The van der Waals surface area contributed by atoms with Gasteiger partial charge in [0.05, 0.1) is 22.7 Å². The number of aromatic nitrogens is 2. The standard InChI is InChI=1S/C14H17N3O2S/c1-14(7-8-20(18,19)10-14)17-13(15)9-12(16-17)11-5-3-2-4-6-11/h2-6,9H,7-8,10,15H2,1H3. The van der Waals surface area contributed by atoms with Crippen LogP contribution in [0.4, 0.5) is 5.82 Å². The van der Waals surface area contributed by atoms with E-state index in [1.54, 1.807) is 10.7 Å². The van der Waals surface area contributed by atoms with Crippen LogP contribution < -0.4 is 5.73 Å². The van der Waals surface area contributed by atoms with Crippen molar-refractivity contribution in [1.82, 2.24) is 9.78 Å². The number of nitrogens with zero attached hydrogens (tertiary/aromatic N) is 2. The summed E-state index contributed by atoms with van der Waals surface area (Å²) in [7, 11) is -2.99. The first-order valence-electron chi connectivity index (χ1n) is 6.52. The molecule has 2 aromatic rings. The van der Waals surface area contributed by atoms with Gasteiger partial charge in [0.1, 0.15) is 5.82 Å². The molecule has 0 aliphatic carbocycles. The zero-order chi connectivity index (χ0) is 14.4. The summed E-state index contributed by atoms with van der Waals surface area (Å²) in [6.45, 7) is 1.90. The molecule has 5 nitrogen and oxygen atoms in total. The number of sulfone groups is 1. The van der Waals surface area contributed by atoms with E-state index in [4.69, 9.17) is 5.73 Å². The van der Waals surface area contributed by atoms with Crippen molar-refractivity contribution in [2.24, 2.45) is 0 Å². The van der Waals surface area contributed by atoms with Gasteiger partial charge in [-0.05, 0) is 13.3 Å². The molecule has 0 radical (unpaired) electrons. The van der Waals surface area contributed by atoms with Crippen molar-refractivity contribution in [2.75, 3.05) is 17.2 Å². The van der Waals surface area contributed by atoms with E-state index in [9.17, 15) is 8.42 Å². The second-order valence-corrected chi connectivity index (χ2v) is 7.76.